The summed E-state index contributed by atoms with van der Waals surface area (Å²) in [5.41, 5.74) is 5.77. The van der Waals surface area contributed by atoms with Gasteiger partial charge in [-0.1, -0.05) is 13.3 Å². The van der Waals surface area contributed by atoms with Crippen LogP contribution in [0.2, 0.25) is 0 Å². The molecule has 3 unspecified atom stereocenters. The molecule has 1 saturated carbocycles. The average Bonchev–Trinajstić information content (AvgIpc) is 2.64. The smallest absolute Gasteiger partial charge is 0.0158 e. The third-order valence-corrected chi connectivity index (χ3v) is 4.01. The second-order valence-electron chi connectivity index (χ2n) is 4.26. The van der Waals surface area contributed by atoms with Crippen LogP contribution in [0.4, 0.5) is 0 Å². The van der Waals surface area contributed by atoms with Crippen molar-refractivity contribution in [3.63, 3.8) is 0 Å². The fourth-order valence-corrected chi connectivity index (χ4v) is 3.06. The largest absolute Gasteiger partial charge is 0.330 e. The second-order valence-corrected chi connectivity index (χ2v) is 5.17. The molecule has 1 fully saturated rings. The maximum Gasteiger partial charge on any atom is 0.0158 e. The topological polar surface area (TPSA) is 38.0 Å². The Bertz CT molecular complexity index is 152. The maximum atomic E-state index is 5.77. The van der Waals surface area contributed by atoms with Crippen LogP contribution in [-0.4, -0.2) is 30.6 Å². The van der Waals surface area contributed by atoms with Crippen LogP contribution in [0.25, 0.3) is 0 Å². The van der Waals surface area contributed by atoms with E-state index in [0.29, 0.717) is 12.1 Å². The Morgan fingerprint density at radius 2 is 2.29 bits per heavy atom. The molecule has 0 aromatic rings. The summed E-state index contributed by atoms with van der Waals surface area (Å²) in [6.45, 7) is 3.12. The molecule has 0 bridgehead atoms. The van der Waals surface area contributed by atoms with Gasteiger partial charge in [0.15, 0.2) is 0 Å². The first-order valence-corrected chi connectivity index (χ1v) is 7.16. The number of nitrogens with one attached hydrogen (secondary N) is 1. The molecule has 3 atom stereocenters. The lowest BCUT2D eigenvalue weighted by atomic mass is 10.0. The number of thioether (sulfide) groups is 1. The van der Waals surface area contributed by atoms with Crippen LogP contribution >= 0.6 is 11.8 Å². The Morgan fingerprint density at radius 1 is 1.50 bits per heavy atom. The molecule has 1 rings (SSSR count). The van der Waals surface area contributed by atoms with Crippen molar-refractivity contribution in [3.05, 3.63) is 0 Å². The van der Waals surface area contributed by atoms with E-state index >= 15 is 0 Å². The number of hydrogen-bond acceptors (Lipinski definition) is 3. The average molecular weight is 216 g/mol. The summed E-state index contributed by atoms with van der Waals surface area (Å²) in [5, 5.41) is 3.77. The van der Waals surface area contributed by atoms with Crippen molar-refractivity contribution < 1.29 is 0 Å². The predicted molar refractivity (Wildman–Crippen MR) is 65.8 cm³/mol. The number of hydrogen-bond donors (Lipinski definition) is 2. The molecule has 0 radical (unpaired) electrons. The second kappa shape index (κ2) is 6.70. The van der Waals surface area contributed by atoms with Gasteiger partial charge in [0.05, 0.1) is 0 Å². The highest BCUT2D eigenvalue weighted by molar-refractivity contribution is 7.98. The first-order chi connectivity index (χ1) is 6.81. The van der Waals surface area contributed by atoms with Gasteiger partial charge in [-0.2, -0.15) is 11.8 Å². The van der Waals surface area contributed by atoms with E-state index in [2.05, 4.69) is 18.5 Å². The van der Waals surface area contributed by atoms with Crippen molar-refractivity contribution in [2.24, 2.45) is 11.7 Å². The zero-order valence-corrected chi connectivity index (χ0v) is 10.3. The molecule has 0 aromatic carbocycles. The van der Waals surface area contributed by atoms with E-state index in [1.807, 2.05) is 11.8 Å². The Labute approximate surface area is 92.4 Å². The van der Waals surface area contributed by atoms with E-state index in [0.717, 1.165) is 12.5 Å². The lowest BCUT2D eigenvalue weighted by Gasteiger charge is -2.25. The van der Waals surface area contributed by atoms with Crippen molar-refractivity contribution >= 4 is 11.8 Å². The molecule has 0 aromatic heterocycles. The Morgan fingerprint density at radius 3 is 2.86 bits per heavy atom. The van der Waals surface area contributed by atoms with Crippen molar-refractivity contribution in [2.75, 3.05) is 18.6 Å². The van der Waals surface area contributed by atoms with Gasteiger partial charge in [0.25, 0.3) is 0 Å². The highest BCUT2D eigenvalue weighted by Crippen LogP contribution is 2.25. The third-order valence-electron chi connectivity index (χ3n) is 3.27. The van der Waals surface area contributed by atoms with E-state index < -0.39 is 0 Å². The summed E-state index contributed by atoms with van der Waals surface area (Å²) in [7, 11) is 0. The molecule has 0 aliphatic heterocycles. The first kappa shape index (κ1) is 12.3. The van der Waals surface area contributed by atoms with Gasteiger partial charge >= 0.3 is 0 Å². The molecule has 0 heterocycles. The molecular formula is C11H24N2S. The Balaban J connectivity index is 2.32. The number of nitrogens with two attached hydrogens (primary N) is 1. The van der Waals surface area contributed by atoms with Crippen molar-refractivity contribution in [3.8, 4) is 0 Å². The van der Waals surface area contributed by atoms with Crippen molar-refractivity contribution in [2.45, 2.75) is 44.7 Å². The lowest BCUT2D eigenvalue weighted by molar-refractivity contribution is 0.367. The molecule has 84 valence electrons. The minimum absolute atomic E-state index is 0.683. The molecule has 0 spiro atoms. The van der Waals surface area contributed by atoms with Gasteiger partial charge in [-0.15, -0.1) is 0 Å². The molecule has 3 N–H and O–H groups in total. The predicted octanol–water partition coefficient (Wildman–Crippen LogP) is 1.84. The minimum atomic E-state index is 0.683. The van der Waals surface area contributed by atoms with Gasteiger partial charge in [0.1, 0.15) is 0 Å². The van der Waals surface area contributed by atoms with Gasteiger partial charge in [0, 0.05) is 17.8 Å². The zero-order chi connectivity index (χ0) is 10.4. The Kier molecular flexibility index (Phi) is 5.90. The van der Waals surface area contributed by atoms with Crippen LogP contribution in [0.1, 0.15) is 32.6 Å². The van der Waals surface area contributed by atoms with Crippen LogP contribution in [-0.2, 0) is 0 Å². The van der Waals surface area contributed by atoms with Gasteiger partial charge in [0.2, 0.25) is 0 Å². The van der Waals surface area contributed by atoms with Crippen molar-refractivity contribution in [1.29, 1.82) is 0 Å². The monoisotopic (exact) mass is 216 g/mol. The lowest BCUT2D eigenvalue weighted by Crippen LogP contribution is -2.43. The zero-order valence-electron chi connectivity index (χ0n) is 9.46. The molecular weight excluding hydrogens is 192 g/mol. The van der Waals surface area contributed by atoms with Crippen LogP contribution in [0.15, 0.2) is 0 Å². The highest BCUT2D eigenvalue weighted by Gasteiger charge is 2.27. The summed E-state index contributed by atoms with van der Waals surface area (Å²) >= 11 is 1.93. The summed E-state index contributed by atoms with van der Waals surface area (Å²) in [5.74, 6) is 1.95. The van der Waals surface area contributed by atoms with E-state index in [1.54, 1.807) is 0 Å². The van der Waals surface area contributed by atoms with Gasteiger partial charge in [-0.05, 0) is 38.0 Å². The fourth-order valence-electron chi connectivity index (χ4n) is 2.33. The van der Waals surface area contributed by atoms with Crippen LogP contribution in [0.5, 0.6) is 0 Å². The molecule has 1 aliphatic carbocycles. The highest BCUT2D eigenvalue weighted by atomic mass is 32.2. The van der Waals surface area contributed by atoms with Crippen molar-refractivity contribution in [1.82, 2.24) is 5.32 Å². The number of rotatable bonds is 6. The summed E-state index contributed by atoms with van der Waals surface area (Å²) < 4.78 is 0. The fraction of sp³-hybridized carbons (Fsp3) is 1.00. The van der Waals surface area contributed by atoms with E-state index in [1.165, 1.54) is 31.4 Å². The van der Waals surface area contributed by atoms with Gasteiger partial charge in [-0.3, -0.25) is 0 Å². The van der Waals surface area contributed by atoms with Crippen LogP contribution in [0.3, 0.4) is 0 Å². The van der Waals surface area contributed by atoms with Gasteiger partial charge < -0.3 is 11.1 Å². The Hall–Kier alpha value is 0.270. The molecule has 1 aliphatic rings. The quantitative estimate of drug-likeness (QED) is 0.711. The first-order valence-electron chi connectivity index (χ1n) is 5.76. The van der Waals surface area contributed by atoms with Crippen LogP contribution in [0, 0.1) is 5.92 Å². The molecule has 2 nitrogen and oxygen atoms in total. The minimum Gasteiger partial charge on any atom is -0.330 e. The summed E-state index contributed by atoms with van der Waals surface area (Å²) in [6.07, 6.45) is 7.42. The van der Waals surface area contributed by atoms with Gasteiger partial charge in [-0.25, -0.2) is 0 Å². The van der Waals surface area contributed by atoms with Crippen LogP contribution < -0.4 is 11.1 Å². The van der Waals surface area contributed by atoms with E-state index in [9.17, 15) is 0 Å². The normalized spacial score (nSPS) is 29.4. The SMILES string of the molecule is CCC(CSC)NC1CCCC1CN. The summed E-state index contributed by atoms with van der Waals surface area (Å²) in [4.78, 5) is 0. The maximum absolute atomic E-state index is 5.77. The molecule has 3 heteroatoms. The third kappa shape index (κ3) is 3.44. The molecule has 0 amide bonds. The van der Waals surface area contributed by atoms with E-state index in [4.69, 9.17) is 5.73 Å². The molecule has 0 saturated heterocycles. The summed E-state index contributed by atoms with van der Waals surface area (Å²) in [6, 6.07) is 1.37. The van der Waals surface area contributed by atoms with E-state index in [-0.39, 0.29) is 0 Å². The molecule has 14 heavy (non-hydrogen) atoms. The standard InChI is InChI=1S/C11H24N2S/c1-3-10(8-14-2)13-11-6-4-5-9(11)7-12/h9-11,13H,3-8,12H2,1-2H3.